The molecule has 0 aliphatic rings. The van der Waals surface area contributed by atoms with E-state index < -0.39 is 39.8 Å². The SMILES string of the molecule is O=C(O)c1cc(=O)[nH]c([N+](=O)[O-])c1C(F)F. The van der Waals surface area contributed by atoms with Gasteiger partial charge in [0.1, 0.15) is 5.56 Å². The smallest absolute Gasteiger partial charge is 0.336 e. The van der Waals surface area contributed by atoms with Crippen molar-refractivity contribution in [3.63, 3.8) is 0 Å². The molecule has 0 bridgehead atoms. The number of rotatable bonds is 3. The van der Waals surface area contributed by atoms with Crippen LogP contribution in [0.2, 0.25) is 0 Å². The summed E-state index contributed by atoms with van der Waals surface area (Å²) in [5.41, 5.74) is -3.52. The molecule has 0 spiro atoms. The maximum absolute atomic E-state index is 12.5. The molecule has 0 saturated heterocycles. The predicted octanol–water partition coefficient (Wildman–Crippen LogP) is 0.919. The zero-order valence-corrected chi connectivity index (χ0v) is 7.44. The van der Waals surface area contributed by atoms with E-state index >= 15 is 0 Å². The third-order valence-electron chi connectivity index (χ3n) is 1.69. The number of carbonyl (C=O) groups is 1. The Hall–Kier alpha value is -2.32. The highest BCUT2D eigenvalue weighted by Crippen LogP contribution is 2.29. The Morgan fingerprint density at radius 2 is 2.12 bits per heavy atom. The summed E-state index contributed by atoms with van der Waals surface area (Å²) in [6.07, 6.45) is -3.37. The van der Waals surface area contributed by atoms with E-state index in [9.17, 15) is 28.5 Å². The fourth-order valence-corrected chi connectivity index (χ4v) is 1.10. The van der Waals surface area contributed by atoms with Gasteiger partial charge in [0.25, 0.3) is 6.43 Å². The van der Waals surface area contributed by atoms with Crippen molar-refractivity contribution in [1.29, 1.82) is 0 Å². The van der Waals surface area contributed by atoms with Crippen LogP contribution in [0, 0.1) is 10.1 Å². The zero-order chi connectivity index (χ0) is 12.5. The molecule has 0 unspecified atom stereocenters. The van der Waals surface area contributed by atoms with Gasteiger partial charge in [-0.05, 0) is 4.92 Å². The van der Waals surface area contributed by atoms with Crippen molar-refractivity contribution in [2.45, 2.75) is 6.43 Å². The minimum absolute atomic E-state index is 0.372. The lowest BCUT2D eigenvalue weighted by atomic mass is 10.1. The van der Waals surface area contributed by atoms with E-state index in [1.54, 1.807) is 4.98 Å². The van der Waals surface area contributed by atoms with Crippen LogP contribution >= 0.6 is 0 Å². The van der Waals surface area contributed by atoms with Crippen LogP contribution in [0.3, 0.4) is 0 Å². The summed E-state index contributed by atoms with van der Waals surface area (Å²) >= 11 is 0. The minimum atomic E-state index is -3.37. The molecule has 0 saturated carbocycles. The molecular weight excluding hydrogens is 230 g/mol. The first-order valence-electron chi connectivity index (χ1n) is 3.77. The number of hydrogen-bond acceptors (Lipinski definition) is 4. The normalized spacial score (nSPS) is 10.4. The van der Waals surface area contributed by atoms with Crippen LogP contribution in [0.15, 0.2) is 10.9 Å². The molecule has 2 N–H and O–H groups in total. The molecule has 7 nitrogen and oxygen atoms in total. The number of H-pyrrole nitrogens is 1. The number of halogens is 2. The Morgan fingerprint density at radius 3 is 2.50 bits per heavy atom. The van der Waals surface area contributed by atoms with Gasteiger partial charge < -0.3 is 15.2 Å². The van der Waals surface area contributed by atoms with E-state index in [1.807, 2.05) is 0 Å². The number of nitrogens with zero attached hydrogens (tertiary/aromatic N) is 1. The Morgan fingerprint density at radius 1 is 1.56 bits per heavy atom. The third kappa shape index (κ3) is 2.02. The van der Waals surface area contributed by atoms with Crippen molar-refractivity contribution in [2.24, 2.45) is 0 Å². The minimum Gasteiger partial charge on any atom is -0.478 e. The van der Waals surface area contributed by atoms with Gasteiger partial charge in [0.2, 0.25) is 0 Å². The Bertz CT molecular complexity index is 472. The molecule has 0 aliphatic carbocycles. The van der Waals surface area contributed by atoms with Gasteiger partial charge in [-0.1, -0.05) is 0 Å². The van der Waals surface area contributed by atoms with Crippen LogP contribution in [0.1, 0.15) is 22.3 Å². The number of nitro groups is 1. The van der Waals surface area contributed by atoms with E-state index in [0.29, 0.717) is 6.07 Å². The van der Waals surface area contributed by atoms with Crippen LogP contribution in [-0.2, 0) is 0 Å². The lowest BCUT2D eigenvalue weighted by Crippen LogP contribution is -2.16. The van der Waals surface area contributed by atoms with Crippen molar-refractivity contribution in [2.75, 3.05) is 0 Å². The maximum atomic E-state index is 12.5. The quantitative estimate of drug-likeness (QED) is 0.596. The number of carboxylic acids is 1. The Kier molecular flexibility index (Phi) is 2.97. The van der Waals surface area contributed by atoms with Crippen LogP contribution in [0.5, 0.6) is 0 Å². The highest BCUT2D eigenvalue weighted by atomic mass is 19.3. The molecule has 0 aromatic carbocycles. The van der Waals surface area contributed by atoms with Crippen LogP contribution in [-0.4, -0.2) is 21.0 Å². The molecule has 0 atom stereocenters. The average Bonchev–Trinajstić information content (AvgIpc) is 2.15. The summed E-state index contributed by atoms with van der Waals surface area (Å²) in [5, 5.41) is 18.9. The number of hydrogen-bond donors (Lipinski definition) is 2. The number of aromatic carboxylic acids is 1. The highest BCUT2D eigenvalue weighted by Gasteiger charge is 2.29. The van der Waals surface area contributed by atoms with E-state index in [0.717, 1.165) is 0 Å². The zero-order valence-electron chi connectivity index (χ0n) is 7.44. The highest BCUT2D eigenvalue weighted by molar-refractivity contribution is 5.90. The Labute approximate surface area is 85.5 Å². The predicted molar refractivity (Wildman–Crippen MR) is 45.6 cm³/mol. The second-order valence-electron chi connectivity index (χ2n) is 2.67. The van der Waals surface area contributed by atoms with Crippen LogP contribution in [0.25, 0.3) is 0 Å². The maximum Gasteiger partial charge on any atom is 0.336 e. The van der Waals surface area contributed by atoms with Gasteiger partial charge in [-0.2, -0.15) is 0 Å². The van der Waals surface area contributed by atoms with Crippen LogP contribution < -0.4 is 5.56 Å². The van der Waals surface area contributed by atoms with E-state index in [1.165, 1.54) is 0 Å². The number of aromatic amines is 1. The van der Waals surface area contributed by atoms with E-state index in [4.69, 9.17) is 5.11 Å². The van der Waals surface area contributed by atoms with Gasteiger partial charge in [-0.3, -0.25) is 0 Å². The standard InChI is InChI=1S/C7H4F2N2O5/c8-5(9)4-2(7(13)14)1-3(12)10-6(4)11(15)16/h1,5H,(H,10,12)(H,13,14). The van der Waals surface area contributed by atoms with Gasteiger partial charge in [0, 0.05) is 6.07 Å². The molecule has 1 aromatic rings. The van der Waals surface area contributed by atoms with Gasteiger partial charge >= 0.3 is 17.3 Å². The molecule has 1 heterocycles. The fourth-order valence-electron chi connectivity index (χ4n) is 1.10. The number of nitrogens with one attached hydrogen (secondary N) is 1. The molecule has 1 rings (SSSR count). The van der Waals surface area contributed by atoms with Crippen molar-refractivity contribution < 1.29 is 23.6 Å². The molecule has 0 amide bonds. The first kappa shape index (κ1) is 11.8. The summed E-state index contributed by atoms with van der Waals surface area (Å²) < 4.78 is 24.9. The summed E-state index contributed by atoms with van der Waals surface area (Å²) in [6, 6.07) is 0.372. The van der Waals surface area contributed by atoms with E-state index in [-0.39, 0.29) is 0 Å². The molecule has 9 heteroatoms. The summed E-state index contributed by atoms with van der Waals surface area (Å²) in [7, 11) is 0. The molecule has 0 fully saturated rings. The largest absolute Gasteiger partial charge is 0.478 e. The third-order valence-corrected chi connectivity index (χ3v) is 1.69. The number of alkyl halides is 2. The van der Waals surface area contributed by atoms with Crippen molar-refractivity contribution in [3.05, 3.63) is 37.7 Å². The summed E-state index contributed by atoms with van der Waals surface area (Å²) in [6.45, 7) is 0. The lowest BCUT2D eigenvalue weighted by molar-refractivity contribution is -0.391. The van der Waals surface area contributed by atoms with Crippen molar-refractivity contribution >= 4 is 11.8 Å². The summed E-state index contributed by atoms with van der Waals surface area (Å²) in [5.74, 6) is -3.13. The van der Waals surface area contributed by atoms with Crippen molar-refractivity contribution in [3.8, 4) is 0 Å². The molecule has 0 radical (unpaired) electrons. The molecule has 1 aromatic heterocycles. The van der Waals surface area contributed by atoms with Gasteiger partial charge in [-0.25, -0.2) is 23.4 Å². The molecule has 16 heavy (non-hydrogen) atoms. The summed E-state index contributed by atoms with van der Waals surface area (Å²) in [4.78, 5) is 32.0. The molecular formula is C7H4F2N2O5. The van der Waals surface area contributed by atoms with Crippen molar-refractivity contribution in [1.82, 2.24) is 4.98 Å². The van der Waals surface area contributed by atoms with Gasteiger partial charge in [0.05, 0.1) is 5.56 Å². The van der Waals surface area contributed by atoms with Gasteiger partial charge in [-0.15, -0.1) is 0 Å². The Balaban J connectivity index is 3.67. The first-order valence-corrected chi connectivity index (χ1v) is 3.77. The second-order valence-corrected chi connectivity index (χ2v) is 2.67. The van der Waals surface area contributed by atoms with Crippen LogP contribution in [0.4, 0.5) is 14.6 Å². The number of pyridine rings is 1. The van der Waals surface area contributed by atoms with Gasteiger partial charge in [0.15, 0.2) is 0 Å². The monoisotopic (exact) mass is 234 g/mol. The van der Waals surface area contributed by atoms with E-state index in [2.05, 4.69) is 0 Å². The molecule has 0 aliphatic heterocycles. The lowest BCUT2D eigenvalue weighted by Gasteiger charge is -2.05. The first-order chi connectivity index (χ1) is 7.34. The number of carboxylic acid groups (broad SMARTS) is 1. The number of aromatic nitrogens is 1. The molecule has 86 valence electrons. The second kappa shape index (κ2) is 4.04. The topological polar surface area (TPSA) is 113 Å². The fraction of sp³-hybridized carbons (Fsp3) is 0.143. The average molecular weight is 234 g/mol.